The Morgan fingerprint density at radius 2 is 1.39 bits per heavy atom. The largest absolute Gasteiger partial charge is 0.445 e. The molecule has 5 rings (SSSR count). The number of piperidine rings is 1. The van der Waals surface area contributed by atoms with Gasteiger partial charge >= 0.3 is 6.09 Å². The molecule has 3 atom stereocenters. The number of benzene rings is 3. The molecule has 2 aliphatic rings. The predicted molar refractivity (Wildman–Crippen MR) is 147 cm³/mol. The molecule has 1 amide bonds. The van der Waals surface area contributed by atoms with Crippen molar-refractivity contribution in [2.45, 2.75) is 51.3 Å². The molecule has 4 nitrogen and oxygen atoms in total. The minimum absolute atomic E-state index is 0.0265. The highest BCUT2D eigenvalue weighted by Crippen LogP contribution is 2.47. The fourth-order valence-electron chi connectivity index (χ4n) is 5.87. The SMILES string of the molecule is CC(C)(C)[Si](OC[C@@H]1C[C@@H]2C[C@@H]2CN1C(=O)OCc1ccccc1)(c1ccccc1)c1ccccc1. The molecule has 188 valence electrons. The summed E-state index contributed by atoms with van der Waals surface area (Å²) in [6.07, 6.45) is 1.97. The molecular weight excluding hydrogens is 462 g/mol. The molecule has 5 heteroatoms. The Morgan fingerprint density at radius 3 is 1.94 bits per heavy atom. The third kappa shape index (κ3) is 5.00. The van der Waals surface area contributed by atoms with Crippen molar-refractivity contribution in [1.29, 1.82) is 0 Å². The van der Waals surface area contributed by atoms with Crippen LogP contribution in [0.1, 0.15) is 39.2 Å². The highest BCUT2D eigenvalue weighted by Gasteiger charge is 2.52. The number of nitrogens with zero attached hydrogens (tertiary/aromatic N) is 1. The van der Waals surface area contributed by atoms with E-state index in [1.165, 1.54) is 16.8 Å². The van der Waals surface area contributed by atoms with Gasteiger partial charge in [0.2, 0.25) is 0 Å². The molecule has 0 N–H and O–H groups in total. The average Bonchev–Trinajstić information content (AvgIpc) is 3.67. The Kier molecular flexibility index (Phi) is 7.04. The summed E-state index contributed by atoms with van der Waals surface area (Å²) in [5.74, 6) is 1.31. The van der Waals surface area contributed by atoms with Crippen molar-refractivity contribution in [2.24, 2.45) is 11.8 Å². The van der Waals surface area contributed by atoms with Gasteiger partial charge in [-0.1, -0.05) is 112 Å². The molecule has 1 saturated carbocycles. The van der Waals surface area contributed by atoms with Gasteiger partial charge in [0, 0.05) is 6.54 Å². The minimum atomic E-state index is -2.66. The summed E-state index contributed by atoms with van der Waals surface area (Å²) in [6.45, 7) is 8.48. The maximum atomic E-state index is 13.3. The van der Waals surface area contributed by atoms with E-state index in [-0.39, 0.29) is 17.2 Å². The van der Waals surface area contributed by atoms with E-state index in [0.717, 1.165) is 18.5 Å². The molecule has 3 aromatic rings. The number of fused-ring (bicyclic) bond motifs is 1. The second-order valence-electron chi connectivity index (χ2n) is 11.3. The highest BCUT2D eigenvalue weighted by atomic mass is 28.4. The Bertz CT molecular complexity index is 1110. The normalized spacial score (nSPS) is 21.5. The van der Waals surface area contributed by atoms with Crippen molar-refractivity contribution in [3.8, 4) is 0 Å². The smallest absolute Gasteiger partial charge is 0.410 e. The van der Waals surface area contributed by atoms with Gasteiger partial charge in [-0.25, -0.2) is 4.79 Å². The van der Waals surface area contributed by atoms with Crippen molar-refractivity contribution >= 4 is 24.8 Å². The summed E-state index contributed by atoms with van der Waals surface area (Å²) in [4.78, 5) is 15.2. The van der Waals surface area contributed by atoms with Crippen LogP contribution in [0.25, 0.3) is 0 Å². The number of ether oxygens (including phenoxy) is 1. The van der Waals surface area contributed by atoms with Gasteiger partial charge in [-0.2, -0.15) is 0 Å². The topological polar surface area (TPSA) is 38.8 Å². The van der Waals surface area contributed by atoms with Gasteiger partial charge in [0.05, 0.1) is 12.6 Å². The maximum Gasteiger partial charge on any atom is 0.410 e. The van der Waals surface area contributed by atoms with Crippen LogP contribution >= 0.6 is 0 Å². The number of amides is 1. The number of hydrogen-bond donors (Lipinski definition) is 0. The van der Waals surface area contributed by atoms with Crippen LogP contribution in [0.5, 0.6) is 0 Å². The van der Waals surface area contributed by atoms with Crippen LogP contribution < -0.4 is 10.4 Å². The van der Waals surface area contributed by atoms with Crippen LogP contribution in [-0.2, 0) is 15.8 Å². The summed E-state index contributed by atoms with van der Waals surface area (Å²) in [5.41, 5.74) is 1.01. The second kappa shape index (κ2) is 10.2. The van der Waals surface area contributed by atoms with Crippen LogP contribution in [0.2, 0.25) is 5.04 Å². The van der Waals surface area contributed by atoms with Gasteiger partial charge in [-0.15, -0.1) is 0 Å². The van der Waals surface area contributed by atoms with E-state index in [1.807, 2.05) is 35.2 Å². The molecule has 0 aromatic heterocycles. The lowest BCUT2D eigenvalue weighted by molar-refractivity contribution is 0.0499. The zero-order chi connectivity index (χ0) is 25.2. The third-order valence-electron chi connectivity index (χ3n) is 7.86. The van der Waals surface area contributed by atoms with Gasteiger partial charge in [-0.05, 0) is 45.7 Å². The van der Waals surface area contributed by atoms with Gasteiger partial charge in [0.15, 0.2) is 0 Å². The number of likely N-dealkylation sites (tertiary alicyclic amines) is 1. The lowest BCUT2D eigenvalue weighted by atomic mass is 10.0. The lowest BCUT2D eigenvalue weighted by Gasteiger charge is -2.45. The van der Waals surface area contributed by atoms with E-state index in [1.54, 1.807) is 0 Å². The van der Waals surface area contributed by atoms with E-state index in [4.69, 9.17) is 9.16 Å². The van der Waals surface area contributed by atoms with Crippen molar-refractivity contribution in [3.63, 3.8) is 0 Å². The van der Waals surface area contributed by atoms with E-state index in [2.05, 4.69) is 81.4 Å². The Hall–Kier alpha value is -2.89. The van der Waals surface area contributed by atoms with Gasteiger partial charge in [0.25, 0.3) is 8.32 Å². The average molecular weight is 500 g/mol. The summed E-state index contributed by atoms with van der Waals surface area (Å²) >= 11 is 0. The van der Waals surface area contributed by atoms with Gasteiger partial charge < -0.3 is 14.1 Å². The van der Waals surface area contributed by atoms with Crippen LogP contribution in [0.15, 0.2) is 91.0 Å². The fraction of sp³-hybridized carbons (Fsp3) is 0.387. The zero-order valence-electron chi connectivity index (χ0n) is 21.6. The molecule has 1 saturated heterocycles. The molecule has 0 radical (unpaired) electrons. The lowest BCUT2D eigenvalue weighted by Crippen LogP contribution is -2.67. The fourth-order valence-corrected chi connectivity index (χ4v) is 10.5. The van der Waals surface area contributed by atoms with Gasteiger partial charge in [0.1, 0.15) is 6.61 Å². The summed E-state index contributed by atoms with van der Waals surface area (Å²) in [6, 6.07) is 31.4. The van der Waals surface area contributed by atoms with E-state index < -0.39 is 8.32 Å². The monoisotopic (exact) mass is 499 g/mol. The first-order chi connectivity index (χ1) is 17.4. The summed E-state index contributed by atoms with van der Waals surface area (Å²) in [7, 11) is -2.66. The number of carbonyl (C=O) groups is 1. The predicted octanol–water partition coefficient (Wildman–Crippen LogP) is 5.61. The first kappa shape index (κ1) is 24.8. The highest BCUT2D eigenvalue weighted by molar-refractivity contribution is 6.99. The molecule has 0 bridgehead atoms. The van der Waals surface area contributed by atoms with Crippen molar-refractivity contribution in [3.05, 3.63) is 96.6 Å². The molecule has 1 aliphatic carbocycles. The van der Waals surface area contributed by atoms with E-state index in [0.29, 0.717) is 25.0 Å². The molecule has 0 spiro atoms. The van der Waals surface area contributed by atoms with Crippen LogP contribution in [0, 0.1) is 11.8 Å². The van der Waals surface area contributed by atoms with Crippen molar-refractivity contribution < 1.29 is 14.0 Å². The third-order valence-corrected chi connectivity index (χ3v) is 12.9. The first-order valence-corrected chi connectivity index (χ1v) is 15.0. The van der Waals surface area contributed by atoms with Crippen LogP contribution in [0.3, 0.4) is 0 Å². The molecule has 1 aliphatic heterocycles. The second-order valence-corrected chi connectivity index (χ2v) is 15.6. The summed E-state index contributed by atoms with van der Waals surface area (Å²) in [5, 5.41) is 2.44. The standard InChI is InChI=1S/C31H37NO3Si/c1-31(2,3)36(28-15-9-5-10-16-28,29-17-11-6-12-18-29)35-23-27-20-25-19-26(25)21-32(27)30(33)34-22-24-13-7-4-8-14-24/h4-18,25-27H,19-23H2,1-3H3/t25-,26+,27-/m0/s1. The number of rotatable bonds is 7. The Labute approximate surface area is 216 Å². The number of hydrogen-bond acceptors (Lipinski definition) is 3. The summed E-state index contributed by atoms with van der Waals surface area (Å²) < 4.78 is 13.0. The van der Waals surface area contributed by atoms with Crippen molar-refractivity contribution in [2.75, 3.05) is 13.2 Å². The Morgan fingerprint density at radius 1 is 0.833 bits per heavy atom. The molecule has 1 heterocycles. The first-order valence-electron chi connectivity index (χ1n) is 13.1. The van der Waals surface area contributed by atoms with Crippen LogP contribution in [0.4, 0.5) is 4.79 Å². The molecule has 0 unspecified atom stereocenters. The number of carbonyl (C=O) groups excluding carboxylic acids is 1. The maximum absolute atomic E-state index is 13.3. The van der Waals surface area contributed by atoms with Crippen LogP contribution in [-0.4, -0.2) is 38.5 Å². The Balaban J connectivity index is 1.40. The molecule has 36 heavy (non-hydrogen) atoms. The van der Waals surface area contributed by atoms with E-state index in [9.17, 15) is 4.79 Å². The molecule has 3 aromatic carbocycles. The quantitative estimate of drug-likeness (QED) is 0.397. The minimum Gasteiger partial charge on any atom is -0.445 e. The van der Waals surface area contributed by atoms with E-state index >= 15 is 0 Å². The molecular formula is C31H37NO3Si. The molecule has 2 fully saturated rings. The zero-order valence-corrected chi connectivity index (χ0v) is 22.6. The van der Waals surface area contributed by atoms with Crippen molar-refractivity contribution in [1.82, 2.24) is 4.90 Å². The van der Waals surface area contributed by atoms with Gasteiger partial charge in [-0.3, -0.25) is 0 Å².